The maximum atomic E-state index is 11.4. The van der Waals surface area contributed by atoms with Crippen molar-refractivity contribution in [2.75, 3.05) is 6.54 Å². The van der Waals surface area contributed by atoms with Gasteiger partial charge >= 0.3 is 6.09 Å². The number of likely N-dealkylation sites (tertiary alicyclic amines) is 1. The van der Waals surface area contributed by atoms with Crippen molar-refractivity contribution in [1.82, 2.24) is 15.0 Å². The smallest absolute Gasteiger partial charge is 0.407 e. The van der Waals surface area contributed by atoms with Gasteiger partial charge in [-0.05, 0) is 31.1 Å². The Bertz CT molecular complexity index is 531. The van der Waals surface area contributed by atoms with Gasteiger partial charge in [0, 0.05) is 24.4 Å². The molecule has 0 aromatic carbocycles. The predicted octanol–water partition coefficient (Wildman–Crippen LogP) is 3.22. The second-order valence-corrected chi connectivity index (χ2v) is 7.34. The van der Waals surface area contributed by atoms with E-state index >= 15 is 0 Å². The van der Waals surface area contributed by atoms with Crippen molar-refractivity contribution in [3.63, 3.8) is 0 Å². The molecule has 1 N–H and O–H groups in total. The number of nitrogens with zero attached hydrogens (tertiary/aromatic N) is 3. The molecule has 1 aliphatic heterocycles. The SMILES string of the molecule is CC(C)(C)C1CC(c2nc(C3CC3)no2)CCN1C(=O)O. The molecule has 21 heavy (non-hydrogen) atoms. The topological polar surface area (TPSA) is 79.5 Å². The van der Waals surface area contributed by atoms with E-state index in [1.54, 1.807) is 4.90 Å². The normalized spacial score (nSPS) is 26.9. The van der Waals surface area contributed by atoms with Gasteiger partial charge in [0.1, 0.15) is 0 Å². The maximum absolute atomic E-state index is 11.4. The second kappa shape index (κ2) is 5.00. The Morgan fingerprint density at radius 3 is 2.57 bits per heavy atom. The number of carbonyl (C=O) groups is 1. The first kappa shape index (κ1) is 14.4. The van der Waals surface area contributed by atoms with Gasteiger partial charge in [-0.25, -0.2) is 4.79 Å². The van der Waals surface area contributed by atoms with Gasteiger partial charge in [0.15, 0.2) is 5.82 Å². The fourth-order valence-corrected chi connectivity index (χ4v) is 3.16. The summed E-state index contributed by atoms with van der Waals surface area (Å²) in [7, 11) is 0. The summed E-state index contributed by atoms with van der Waals surface area (Å²) in [6, 6.07) is -0.0231. The average Bonchev–Trinajstić information content (AvgIpc) is 3.15. The Labute approximate surface area is 124 Å². The number of hydrogen-bond acceptors (Lipinski definition) is 4. The highest BCUT2D eigenvalue weighted by Crippen LogP contribution is 2.41. The Morgan fingerprint density at radius 2 is 2.00 bits per heavy atom. The summed E-state index contributed by atoms with van der Waals surface area (Å²) in [4.78, 5) is 17.5. The number of aromatic nitrogens is 2. The van der Waals surface area contributed by atoms with Crippen molar-refractivity contribution >= 4 is 6.09 Å². The lowest BCUT2D eigenvalue weighted by Crippen LogP contribution is -2.51. The third kappa shape index (κ3) is 2.89. The van der Waals surface area contributed by atoms with Crippen LogP contribution < -0.4 is 0 Å². The molecule has 1 aromatic heterocycles. The van der Waals surface area contributed by atoms with Crippen molar-refractivity contribution in [3.8, 4) is 0 Å². The van der Waals surface area contributed by atoms with Crippen molar-refractivity contribution in [2.45, 2.75) is 64.3 Å². The maximum Gasteiger partial charge on any atom is 0.407 e. The average molecular weight is 293 g/mol. The van der Waals surface area contributed by atoms with Gasteiger partial charge in [-0.2, -0.15) is 4.98 Å². The lowest BCUT2D eigenvalue weighted by Gasteiger charge is -2.43. The fraction of sp³-hybridized carbons (Fsp3) is 0.800. The van der Waals surface area contributed by atoms with E-state index in [4.69, 9.17) is 4.52 Å². The summed E-state index contributed by atoms with van der Waals surface area (Å²) in [6.45, 7) is 6.78. The summed E-state index contributed by atoms with van der Waals surface area (Å²) < 4.78 is 5.44. The van der Waals surface area contributed by atoms with Crippen LogP contribution in [0.5, 0.6) is 0 Å². The molecule has 2 fully saturated rings. The summed E-state index contributed by atoms with van der Waals surface area (Å²) >= 11 is 0. The van der Waals surface area contributed by atoms with Gasteiger partial charge in [-0.1, -0.05) is 25.9 Å². The van der Waals surface area contributed by atoms with Crippen LogP contribution in [-0.2, 0) is 0 Å². The third-order valence-electron chi connectivity index (χ3n) is 4.60. The van der Waals surface area contributed by atoms with Crippen LogP contribution in [0, 0.1) is 5.41 Å². The van der Waals surface area contributed by atoms with E-state index in [2.05, 4.69) is 30.9 Å². The number of piperidine rings is 1. The number of rotatable bonds is 2. The summed E-state index contributed by atoms with van der Waals surface area (Å²) in [5, 5.41) is 13.5. The highest BCUT2D eigenvalue weighted by Gasteiger charge is 2.41. The summed E-state index contributed by atoms with van der Waals surface area (Å²) in [5.41, 5.74) is -0.101. The second-order valence-electron chi connectivity index (χ2n) is 7.34. The largest absolute Gasteiger partial charge is 0.465 e. The molecule has 1 amide bonds. The van der Waals surface area contributed by atoms with Gasteiger partial charge in [0.25, 0.3) is 0 Å². The van der Waals surface area contributed by atoms with Crippen molar-refractivity contribution in [2.24, 2.45) is 5.41 Å². The molecule has 1 aliphatic carbocycles. The molecule has 1 saturated carbocycles. The van der Waals surface area contributed by atoms with Crippen LogP contribution in [0.4, 0.5) is 4.79 Å². The van der Waals surface area contributed by atoms with E-state index in [0.717, 1.165) is 31.5 Å². The summed E-state index contributed by atoms with van der Waals surface area (Å²) in [6.07, 6.45) is 2.98. The molecule has 2 atom stereocenters. The molecule has 6 nitrogen and oxygen atoms in total. The quantitative estimate of drug-likeness (QED) is 0.905. The molecular formula is C15H23N3O3. The molecule has 0 spiro atoms. The van der Waals surface area contributed by atoms with Crippen LogP contribution in [-0.4, -0.2) is 38.8 Å². The zero-order valence-electron chi connectivity index (χ0n) is 12.9. The van der Waals surface area contributed by atoms with Gasteiger partial charge in [-0.15, -0.1) is 0 Å². The van der Waals surface area contributed by atoms with Gasteiger partial charge in [0.2, 0.25) is 5.89 Å². The highest BCUT2D eigenvalue weighted by molar-refractivity contribution is 5.65. The molecule has 2 unspecified atom stereocenters. The van der Waals surface area contributed by atoms with Crippen molar-refractivity contribution in [3.05, 3.63) is 11.7 Å². The van der Waals surface area contributed by atoms with Crippen LogP contribution in [0.15, 0.2) is 4.52 Å². The molecule has 116 valence electrons. The van der Waals surface area contributed by atoms with Gasteiger partial charge in [0.05, 0.1) is 0 Å². The van der Waals surface area contributed by atoms with E-state index in [0.29, 0.717) is 18.4 Å². The Hall–Kier alpha value is -1.59. The lowest BCUT2D eigenvalue weighted by molar-refractivity contribution is 0.0483. The number of carboxylic acid groups (broad SMARTS) is 1. The Kier molecular flexibility index (Phi) is 3.42. The first-order valence-electron chi connectivity index (χ1n) is 7.69. The van der Waals surface area contributed by atoms with Crippen molar-refractivity contribution < 1.29 is 14.4 Å². The standard InChI is InChI=1S/C15H23N3O3/c1-15(2,3)11-8-10(6-7-18(11)14(19)20)13-16-12(17-21-13)9-4-5-9/h9-11H,4-8H2,1-3H3,(H,19,20). The zero-order chi connectivity index (χ0) is 15.2. The third-order valence-corrected chi connectivity index (χ3v) is 4.60. The van der Waals surface area contributed by atoms with Crippen LogP contribution in [0.25, 0.3) is 0 Å². The predicted molar refractivity (Wildman–Crippen MR) is 76.2 cm³/mol. The Balaban J connectivity index is 1.77. The number of hydrogen-bond donors (Lipinski definition) is 1. The van der Waals surface area contributed by atoms with E-state index < -0.39 is 6.09 Å². The minimum Gasteiger partial charge on any atom is -0.465 e. The molecule has 1 saturated heterocycles. The van der Waals surface area contributed by atoms with E-state index in [1.165, 1.54) is 0 Å². The van der Waals surface area contributed by atoms with E-state index in [-0.39, 0.29) is 17.4 Å². The monoisotopic (exact) mass is 293 g/mol. The van der Waals surface area contributed by atoms with Crippen LogP contribution in [0.2, 0.25) is 0 Å². The fourth-order valence-electron chi connectivity index (χ4n) is 3.16. The minimum atomic E-state index is -0.836. The molecule has 2 aliphatic rings. The van der Waals surface area contributed by atoms with Gasteiger partial charge in [-0.3, -0.25) is 0 Å². The molecule has 0 bridgehead atoms. The molecule has 2 heterocycles. The zero-order valence-corrected chi connectivity index (χ0v) is 12.9. The van der Waals surface area contributed by atoms with E-state index in [1.807, 2.05) is 0 Å². The Morgan fingerprint density at radius 1 is 1.29 bits per heavy atom. The lowest BCUT2D eigenvalue weighted by atomic mass is 9.77. The summed E-state index contributed by atoms with van der Waals surface area (Å²) in [5.74, 6) is 2.18. The van der Waals surface area contributed by atoms with Crippen LogP contribution >= 0.6 is 0 Å². The molecule has 1 aromatic rings. The first-order chi connectivity index (χ1) is 9.86. The highest BCUT2D eigenvalue weighted by atomic mass is 16.5. The van der Waals surface area contributed by atoms with E-state index in [9.17, 15) is 9.90 Å². The van der Waals surface area contributed by atoms with Crippen molar-refractivity contribution in [1.29, 1.82) is 0 Å². The minimum absolute atomic E-state index is 0.0231. The van der Waals surface area contributed by atoms with Gasteiger partial charge < -0.3 is 14.5 Å². The first-order valence-corrected chi connectivity index (χ1v) is 7.69. The number of amides is 1. The molecule has 0 radical (unpaired) electrons. The van der Waals surface area contributed by atoms with Crippen LogP contribution in [0.3, 0.4) is 0 Å². The molecule has 3 rings (SSSR count). The molecule has 6 heteroatoms. The van der Waals surface area contributed by atoms with Crippen LogP contribution in [0.1, 0.15) is 70.0 Å². The molecular weight excluding hydrogens is 270 g/mol.